The fraction of sp³-hybridized carbons (Fsp3) is 0.286. The molecule has 0 atom stereocenters. The summed E-state index contributed by atoms with van der Waals surface area (Å²) < 4.78 is 1.21. The number of rotatable bonds is 4. The van der Waals surface area contributed by atoms with Crippen molar-refractivity contribution >= 4 is 43.6 Å². The van der Waals surface area contributed by atoms with Gasteiger partial charge >= 0.3 is 0 Å². The summed E-state index contributed by atoms with van der Waals surface area (Å²) in [6.45, 7) is 3.15. The highest BCUT2D eigenvalue weighted by Gasteiger charge is 2.23. The highest BCUT2D eigenvalue weighted by molar-refractivity contribution is 7.22. The van der Waals surface area contributed by atoms with E-state index in [1.165, 1.54) is 4.70 Å². The lowest BCUT2D eigenvalue weighted by atomic mass is 10.2. The number of carbonyl (C=O) groups excluding carboxylic acids is 1. The van der Waals surface area contributed by atoms with Crippen LogP contribution in [0.2, 0.25) is 0 Å². The molecule has 5 rings (SSSR count). The number of nitrogens with zero attached hydrogens (tertiary/aromatic N) is 4. The normalized spacial score (nSPS) is 14.9. The number of piperazine rings is 1. The van der Waals surface area contributed by atoms with Gasteiger partial charge in [-0.15, -0.1) is 0 Å². The van der Waals surface area contributed by atoms with Gasteiger partial charge in [-0.1, -0.05) is 35.6 Å². The Balaban J connectivity index is 1.17. The van der Waals surface area contributed by atoms with Gasteiger partial charge in [-0.25, -0.2) is 9.97 Å². The number of aromatic amines is 1. The van der Waals surface area contributed by atoms with Crippen LogP contribution < -0.4 is 4.90 Å². The first-order valence-corrected chi connectivity index (χ1v) is 10.4. The number of carbonyl (C=O) groups is 1. The van der Waals surface area contributed by atoms with E-state index in [2.05, 4.69) is 20.9 Å². The van der Waals surface area contributed by atoms with Crippen LogP contribution in [0.1, 0.15) is 12.2 Å². The van der Waals surface area contributed by atoms with Crippen molar-refractivity contribution in [2.75, 3.05) is 31.1 Å². The summed E-state index contributed by atoms with van der Waals surface area (Å²) in [6.07, 6.45) is 1.13. The first kappa shape index (κ1) is 17.2. The molecule has 1 aliphatic heterocycles. The summed E-state index contributed by atoms with van der Waals surface area (Å²) in [5.41, 5.74) is 3.02. The number of nitrogens with one attached hydrogen (secondary N) is 1. The summed E-state index contributed by atoms with van der Waals surface area (Å²) in [7, 11) is 0. The zero-order valence-electron chi connectivity index (χ0n) is 15.5. The Morgan fingerprint density at radius 1 is 0.964 bits per heavy atom. The monoisotopic (exact) mass is 391 g/mol. The van der Waals surface area contributed by atoms with E-state index >= 15 is 0 Å². The second kappa shape index (κ2) is 7.24. The fourth-order valence-corrected chi connectivity index (χ4v) is 4.67. The van der Waals surface area contributed by atoms with E-state index in [9.17, 15) is 4.79 Å². The molecule has 1 N–H and O–H groups in total. The third-order valence-corrected chi connectivity index (χ3v) is 6.30. The van der Waals surface area contributed by atoms with E-state index in [4.69, 9.17) is 4.98 Å². The largest absolute Gasteiger partial charge is 0.345 e. The Bertz CT molecular complexity index is 1060. The van der Waals surface area contributed by atoms with E-state index in [0.717, 1.165) is 53.7 Å². The number of imidazole rings is 1. The lowest BCUT2D eigenvalue weighted by molar-refractivity contribution is -0.131. The van der Waals surface area contributed by atoms with Gasteiger partial charge < -0.3 is 14.8 Å². The standard InChI is InChI=1S/C21H21N5OS/c27-20(10-9-19-22-15-5-1-2-6-16(15)23-19)25-11-13-26(14-12-25)21-24-17-7-3-4-8-18(17)28-21/h1-8H,9-14H2,(H,22,23). The van der Waals surface area contributed by atoms with Gasteiger partial charge in [0.2, 0.25) is 5.91 Å². The lowest BCUT2D eigenvalue weighted by Gasteiger charge is -2.34. The molecule has 0 unspecified atom stereocenters. The van der Waals surface area contributed by atoms with Crippen molar-refractivity contribution in [1.29, 1.82) is 0 Å². The molecule has 4 aromatic rings. The minimum Gasteiger partial charge on any atom is -0.345 e. The Labute approximate surface area is 166 Å². The Kier molecular flexibility index (Phi) is 4.44. The van der Waals surface area contributed by atoms with E-state index in [0.29, 0.717) is 12.8 Å². The van der Waals surface area contributed by atoms with E-state index in [1.54, 1.807) is 11.3 Å². The fourth-order valence-electron chi connectivity index (χ4n) is 3.65. The number of para-hydroxylation sites is 3. The second-order valence-electron chi connectivity index (χ2n) is 7.03. The summed E-state index contributed by atoms with van der Waals surface area (Å²) in [4.78, 5) is 29.5. The molecular formula is C21H21N5OS. The molecule has 0 spiro atoms. The molecule has 1 amide bonds. The molecule has 0 radical (unpaired) electrons. The minimum atomic E-state index is 0.199. The van der Waals surface area contributed by atoms with Crippen molar-refractivity contribution < 1.29 is 4.79 Å². The molecule has 7 heteroatoms. The number of benzene rings is 2. The lowest BCUT2D eigenvalue weighted by Crippen LogP contribution is -2.48. The number of aryl methyl sites for hydroxylation is 1. The molecule has 0 saturated carbocycles. The molecule has 0 bridgehead atoms. The summed E-state index contributed by atoms with van der Waals surface area (Å²) in [5, 5.41) is 1.05. The average Bonchev–Trinajstić information content (AvgIpc) is 3.35. The summed E-state index contributed by atoms with van der Waals surface area (Å²) in [6, 6.07) is 16.2. The molecule has 1 saturated heterocycles. The van der Waals surface area contributed by atoms with Crippen molar-refractivity contribution in [1.82, 2.24) is 19.9 Å². The van der Waals surface area contributed by atoms with E-state index < -0.39 is 0 Å². The van der Waals surface area contributed by atoms with Crippen LogP contribution in [0.3, 0.4) is 0 Å². The van der Waals surface area contributed by atoms with Crippen molar-refractivity contribution in [2.45, 2.75) is 12.8 Å². The highest BCUT2D eigenvalue weighted by atomic mass is 32.1. The van der Waals surface area contributed by atoms with Gasteiger partial charge in [-0.05, 0) is 24.3 Å². The number of aromatic nitrogens is 3. The van der Waals surface area contributed by atoms with Gasteiger partial charge in [0, 0.05) is 39.0 Å². The van der Waals surface area contributed by atoms with Crippen LogP contribution >= 0.6 is 11.3 Å². The van der Waals surface area contributed by atoms with Gasteiger partial charge in [0.05, 0.1) is 21.3 Å². The van der Waals surface area contributed by atoms with E-state index in [-0.39, 0.29) is 5.91 Å². The molecule has 1 fully saturated rings. The summed E-state index contributed by atoms with van der Waals surface area (Å²) >= 11 is 1.72. The van der Waals surface area contributed by atoms with Crippen LogP contribution in [-0.4, -0.2) is 51.9 Å². The number of fused-ring (bicyclic) bond motifs is 2. The van der Waals surface area contributed by atoms with Gasteiger partial charge in [-0.3, -0.25) is 4.79 Å². The van der Waals surface area contributed by atoms with Gasteiger partial charge in [-0.2, -0.15) is 0 Å². The van der Waals surface area contributed by atoms with Crippen molar-refractivity contribution in [3.05, 3.63) is 54.4 Å². The maximum atomic E-state index is 12.6. The van der Waals surface area contributed by atoms with Gasteiger partial charge in [0.15, 0.2) is 5.13 Å². The molecule has 6 nitrogen and oxygen atoms in total. The first-order chi connectivity index (χ1) is 13.8. The van der Waals surface area contributed by atoms with E-state index in [1.807, 2.05) is 47.4 Å². The Hall–Kier alpha value is -2.93. The Morgan fingerprint density at radius 3 is 2.50 bits per heavy atom. The van der Waals surface area contributed by atoms with Gasteiger partial charge in [0.1, 0.15) is 5.82 Å². The summed E-state index contributed by atoms with van der Waals surface area (Å²) in [5.74, 6) is 1.08. The quantitative estimate of drug-likeness (QED) is 0.579. The van der Waals surface area contributed by atoms with Gasteiger partial charge in [0.25, 0.3) is 0 Å². The molecule has 2 aromatic heterocycles. The second-order valence-corrected chi connectivity index (χ2v) is 8.04. The van der Waals surface area contributed by atoms with Crippen LogP contribution in [-0.2, 0) is 11.2 Å². The predicted molar refractivity (Wildman–Crippen MR) is 113 cm³/mol. The third-order valence-electron chi connectivity index (χ3n) is 5.20. The van der Waals surface area contributed by atoms with Crippen LogP contribution in [0.15, 0.2) is 48.5 Å². The smallest absolute Gasteiger partial charge is 0.223 e. The van der Waals surface area contributed by atoms with Crippen LogP contribution in [0.4, 0.5) is 5.13 Å². The number of hydrogen-bond donors (Lipinski definition) is 1. The molecule has 0 aliphatic carbocycles. The zero-order chi connectivity index (χ0) is 18.9. The van der Waals surface area contributed by atoms with Crippen LogP contribution in [0.5, 0.6) is 0 Å². The number of anilines is 1. The molecule has 2 aromatic carbocycles. The number of thiazole rings is 1. The Morgan fingerprint density at radius 2 is 1.71 bits per heavy atom. The SMILES string of the molecule is O=C(CCc1nc2ccccc2[nH]1)N1CCN(c2nc3ccccc3s2)CC1. The topological polar surface area (TPSA) is 65.1 Å². The number of H-pyrrole nitrogens is 1. The number of hydrogen-bond acceptors (Lipinski definition) is 5. The maximum absolute atomic E-state index is 12.6. The number of amides is 1. The minimum absolute atomic E-state index is 0.199. The maximum Gasteiger partial charge on any atom is 0.223 e. The highest BCUT2D eigenvalue weighted by Crippen LogP contribution is 2.29. The molecule has 1 aliphatic rings. The van der Waals surface area contributed by atoms with Crippen LogP contribution in [0.25, 0.3) is 21.3 Å². The van der Waals surface area contributed by atoms with Crippen molar-refractivity contribution in [3.8, 4) is 0 Å². The molecule has 142 valence electrons. The zero-order valence-corrected chi connectivity index (χ0v) is 16.3. The van der Waals surface area contributed by atoms with Crippen LogP contribution in [0, 0.1) is 0 Å². The molecular weight excluding hydrogens is 370 g/mol. The molecule has 3 heterocycles. The van der Waals surface area contributed by atoms with Crippen molar-refractivity contribution in [2.24, 2.45) is 0 Å². The average molecular weight is 392 g/mol. The first-order valence-electron chi connectivity index (χ1n) is 9.58. The van der Waals surface area contributed by atoms with Crippen molar-refractivity contribution in [3.63, 3.8) is 0 Å². The third kappa shape index (κ3) is 3.33. The predicted octanol–water partition coefficient (Wildman–Crippen LogP) is 3.45. The molecule has 28 heavy (non-hydrogen) atoms.